The van der Waals surface area contributed by atoms with E-state index < -0.39 is 0 Å². The zero-order chi connectivity index (χ0) is 20.1. The number of hydrogen-bond donors (Lipinski definition) is 1. The maximum atomic E-state index is 12.5. The Balaban J connectivity index is 1.61. The number of amides is 1. The molecule has 0 bridgehead atoms. The van der Waals surface area contributed by atoms with E-state index in [2.05, 4.69) is 47.6 Å². The average Bonchev–Trinajstić information content (AvgIpc) is 3.07. The lowest BCUT2D eigenvalue weighted by molar-refractivity contribution is -0.120. The second-order valence-electron chi connectivity index (χ2n) is 7.00. The first kappa shape index (κ1) is 20.1. The van der Waals surface area contributed by atoms with Gasteiger partial charge in [-0.2, -0.15) is 0 Å². The Hall–Kier alpha value is -2.60. The number of hydrogen-bond acceptors (Lipinski definition) is 4. The van der Waals surface area contributed by atoms with Gasteiger partial charge in [-0.3, -0.25) is 4.79 Å². The minimum absolute atomic E-state index is 0.00761. The molecule has 1 amide bonds. The third-order valence-electron chi connectivity index (χ3n) is 4.82. The van der Waals surface area contributed by atoms with E-state index in [1.165, 1.54) is 17.3 Å². The summed E-state index contributed by atoms with van der Waals surface area (Å²) in [6, 6.07) is 18.3. The molecule has 0 spiro atoms. The van der Waals surface area contributed by atoms with Crippen molar-refractivity contribution in [1.82, 2.24) is 20.1 Å². The van der Waals surface area contributed by atoms with E-state index in [0.29, 0.717) is 6.54 Å². The number of benzene rings is 2. The summed E-state index contributed by atoms with van der Waals surface area (Å²) in [5.74, 6) is 1.09. The standard InChI is InChI=1S/C22H26N4OS/c1-15-10-8-9-13-19(15)20-24-25-22(26(20)4)28-17(3)21(27)23-14-16(2)18-11-6-5-7-12-18/h5-13,16-17H,14H2,1-4H3,(H,23,27). The SMILES string of the molecule is Cc1ccccc1-c1nnc(SC(C)C(=O)NCC(C)c2ccccc2)n1C. The lowest BCUT2D eigenvalue weighted by Crippen LogP contribution is -2.33. The van der Waals surface area contributed by atoms with E-state index in [0.717, 1.165) is 22.1 Å². The van der Waals surface area contributed by atoms with Crippen molar-refractivity contribution in [2.24, 2.45) is 7.05 Å². The molecule has 1 aromatic heterocycles. The first-order valence-electron chi connectivity index (χ1n) is 9.42. The number of rotatable bonds is 7. The van der Waals surface area contributed by atoms with Crippen LogP contribution in [-0.4, -0.2) is 32.5 Å². The molecule has 1 heterocycles. The molecule has 2 unspecified atom stereocenters. The highest BCUT2D eigenvalue weighted by molar-refractivity contribution is 8.00. The monoisotopic (exact) mass is 394 g/mol. The van der Waals surface area contributed by atoms with Crippen molar-refractivity contribution in [3.8, 4) is 11.4 Å². The van der Waals surface area contributed by atoms with Crippen molar-refractivity contribution < 1.29 is 4.79 Å². The van der Waals surface area contributed by atoms with E-state index in [4.69, 9.17) is 0 Å². The van der Waals surface area contributed by atoms with Gasteiger partial charge >= 0.3 is 0 Å². The third-order valence-corrected chi connectivity index (χ3v) is 5.96. The number of aromatic nitrogens is 3. The fraction of sp³-hybridized carbons (Fsp3) is 0.318. The van der Waals surface area contributed by atoms with Crippen LogP contribution in [0.5, 0.6) is 0 Å². The quantitative estimate of drug-likeness (QED) is 0.611. The van der Waals surface area contributed by atoms with Gasteiger partial charge in [0.25, 0.3) is 0 Å². The summed E-state index contributed by atoms with van der Waals surface area (Å²) in [4.78, 5) is 12.5. The number of thioether (sulfide) groups is 1. The molecule has 0 fully saturated rings. The van der Waals surface area contributed by atoms with Crippen molar-refractivity contribution >= 4 is 17.7 Å². The second-order valence-corrected chi connectivity index (χ2v) is 8.31. The zero-order valence-electron chi connectivity index (χ0n) is 16.7. The van der Waals surface area contributed by atoms with Crippen molar-refractivity contribution in [2.75, 3.05) is 6.54 Å². The van der Waals surface area contributed by atoms with E-state index in [1.54, 1.807) is 0 Å². The molecule has 5 nitrogen and oxygen atoms in total. The smallest absolute Gasteiger partial charge is 0.233 e. The van der Waals surface area contributed by atoms with Crippen LogP contribution in [-0.2, 0) is 11.8 Å². The summed E-state index contributed by atoms with van der Waals surface area (Å²) in [7, 11) is 1.94. The van der Waals surface area contributed by atoms with Crippen molar-refractivity contribution in [1.29, 1.82) is 0 Å². The number of nitrogens with zero attached hydrogens (tertiary/aromatic N) is 3. The summed E-state index contributed by atoms with van der Waals surface area (Å²) >= 11 is 1.42. The van der Waals surface area contributed by atoms with Crippen molar-refractivity contribution in [3.05, 3.63) is 65.7 Å². The highest BCUT2D eigenvalue weighted by Crippen LogP contribution is 2.27. The van der Waals surface area contributed by atoms with Gasteiger partial charge < -0.3 is 9.88 Å². The van der Waals surface area contributed by atoms with E-state index in [-0.39, 0.29) is 17.1 Å². The highest BCUT2D eigenvalue weighted by Gasteiger charge is 2.20. The van der Waals surface area contributed by atoms with E-state index >= 15 is 0 Å². The van der Waals surface area contributed by atoms with Gasteiger partial charge in [-0.15, -0.1) is 10.2 Å². The number of nitrogens with one attached hydrogen (secondary N) is 1. The first-order chi connectivity index (χ1) is 13.5. The number of carbonyl (C=O) groups is 1. The molecular formula is C22H26N4OS. The van der Waals surface area contributed by atoms with Crippen LogP contribution in [0.25, 0.3) is 11.4 Å². The second kappa shape index (κ2) is 9.06. The zero-order valence-corrected chi connectivity index (χ0v) is 17.5. The molecule has 0 saturated carbocycles. The Labute approximate surface area is 170 Å². The van der Waals surface area contributed by atoms with Gasteiger partial charge in [0.2, 0.25) is 5.91 Å². The lowest BCUT2D eigenvalue weighted by Gasteiger charge is -2.16. The highest BCUT2D eigenvalue weighted by atomic mass is 32.2. The van der Waals surface area contributed by atoms with Crippen LogP contribution >= 0.6 is 11.8 Å². The van der Waals surface area contributed by atoms with Crippen LogP contribution in [0, 0.1) is 6.92 Å². The van der Waals surface area contributed by atoms with E-state index in [9.17, 15) is 4.79 Å². The molecular weight excluding hydrogens is 368 g/mol. The summed E-state index contributed by atoms with van der Waals surface area (Å²) in [6.45, 7) is 6.68. The average molecular weight is 395 g/mol. The van der Waals surface area contributed by atoms with Gasteiger partial charge in [-0.05, 0) is 30.9 Å². The fourth-order valence-electron chi connectivity index (χ4n) is 2.98. The molecule has 2 aromatic carbocycles. The number of aryl methyl sites for hydroxylation is 1. The molecule has 3 aromatic rings. The van der Waals surface area contributed by atoms with Crippen LogP contribution in [0.2, 0.25) is 0 Å². The van der Waals surface area contributed by atoms with Crippen LogP contribution in [0.1, 0.15) is 30.9 Å². The third kappa shape index (κ3) is 4.62. The van der Waals surface area contributed by atoms with E-state index in [1.807, 2.05) is 54.9 Å². The number of carbonyl (C=O) groups excluding carboxylic acids is 1. The first-order valence-corrected chi connectivity index (χ1v) is 10.3. The normalized spacial score (nSPS) is 13.1. The topological polar surface area (TPSA) is 59.8 Å². The van der Waals surface area contributed by atoms with Gasteiger partial charge in [-0.1, -0.05) is 73.3 Å². The Morgan fingerprint density at radius 2 is 1.75 bits per heavy atom. The minimum atomic E-state index is -0.254. The van der Waals surface area contributed by atoms with Crippen LogP contribution in [0.15, 0.2) is 59.8 Å². The van der Waals surface area contributed by atoms with Gasteiger partial charge in [-0.25, -0.2) is 0 Å². The lowest BCUT2D eigenvalue weighted by atomic mass is 10.0. The van der Waals surface area contributed by atoms with Crippen LogP contribution in [0.4, 0.5) is 0 Å². The minimum Gasteiger partial charge on any atom is -0.355 e. The summed E-state index contributed by atoms with van der Waals surface area (Å²) in [5.41, 5.74) is 3.42. The largest absolute Gasteiger partial charge is 0.355 e. The maximum Gasteiger partial charge on any atom is 0.233 e. The molecule has 0 saturated heterocycles. The fourth-order valence-corrected chi connectivity index (χ4v) is 3.82. The molecule has 146 valence electrons. The Kier molecular flexibility index (Phi) is 6.52. The maximum absolute atomic E-state index is 12.5. The Bertz CT molecular complexity index is 939. The molecule has 0 aliphatic heterocycles. The summed E-state index contributed by atoms with van der Waals surface area (Å²) in [5, 5.41) is 12.2. The molecule has 3 rings (SSSR count). The molecule has 0 radical (unpaired) electrons. The molecule has 28 heavy (non-hydrogen) atoms. The molecule has 0 aliphatic carbocycles. The van der Waals surface area contributed by atoms with Gasteiger partial charge in [0, 0.05) is 19.2 Å². The van der Waals surface area contributed by atoms with Gasteiger partial charge in [0.15, 0.2) is 11.0 Å². The van der Waals surface area contributed by atoms with Crippen molar-refractivity contribution in [2.45, 2.75) is 37.1 Å². The van der Waals surface area contributed by atoms with Gasteiger partial charge in [0.1, 0.15) is 0 Å². The Morgan fingerprint density at radius 3 is 2.46 bits per heavy atom. The molecule has 6 heteroatoms. The molecule has 0 aliphatic rings. The molecule has 1 N–H and O–H groups in total. The Morgan fingerprint density at radius 1 is 1.07 bits per heavy atom. The summed E-state index contributed by atoms with van der Waals surface area (Å²) < 4.78 is 1.95. The molecule has 2 atom stereocenters. The predicted octanol–water partition coefficient (Wildman–Crippen LogP) is 4.19. The predicted molar refractivity (Wildman–Crippen MR) is 114 cm³/mol. The van der Waals surface area contributed by atoms with Crippen LogP contribution in [0.3, 0.4) is 0 Å². The van der Waals surface area contributed by atoms with Gasteiger partial charge in [0.05, 0.1) is 5.25 Å². The van der Waals surface area contributed by atoms with Crippen molar-refractivity contribution in [3.63, 3.8) is 0 Å². The summed E-state index contributed by atoms with van der Waals surface area (Å²) in [6.07, 6.45) is 0. The van der Waals surface area contributed by atoms with Crippen LogP contribution < -0.4 is 5.32 Å².